The van der Waals surface area contributed by atoms with Crippen LogP contribution in [-0.2, 0) is 10.0 Å². The van der Waals surface area contributed by atoms with Crippen LogP contribution in [0.15, 0.2) is 0 Å². The summed E-state index contributed by atoms with van der Waals surface area (Å²) in [7, 11) is -4.05. The molecule has 3 nitrogen and oxygen atoms in total. The van der Waals surface area contributed by atoms with Gasteiger partial charge in [-0.2, -0.15) is 0 Å². The quantitative estimate of drug-likeness (QED) is 0.561. The molecule has 16 heavy (non-hydrogen) atoms. The molecule has 10 heteroatoms. The number of sulfonamides is 1. The van der Waals surface area contributed by atoms with Crippen LogP contribution in [0.25, 0.3) is 0 Å². The van der Waals surface area contributed by atoms with Gasteiger partial charge in [-0.15, -0.1) is 15.3 Å². The molecule has 98 valence electrons. The van der Waals surface area contributed by atoms with Crippen molar-refractivity contribution >= 4 is 68.4 Å². The van der Waals surface area contributed by atoms with Crippen LogP contribution in [0.2, 0.25) is 0 Å². The van der Waals surface area contributed by atoms with Gasteiger partial charge in [0.25, 0.3) is 10.0 Å². The van der Waals surface area contributed by atoms with E-state index in [1.54, 1.807) is 13.8 Å². The van der Waals surface area contributed by atoms with Gasteiger partial charge in [0.2, 0.25) is 9.80 Å². The Morgan fingerprint density at radius 2 is 1.81 bits per heavy atom. The average Bonchev–Trinajstić information content (AvgIpc) is 2.11. The van der Waals surface area contributed by atoms with Crippen molar-refractivity contribution in [3.05, 3.63) is 0 Å². The predicted molar refractivity (Wildman–Crippen MR) is 69.4 cm³/mol. The molecular formula is C6H10Cl4FNO2S2. The van der Waals surface area contributed by atoms with E-state index in [1.165, 1.54) is 0 Å². The number of hydrogen-bond acceptors (Lipinski definition) is 3. The molecule has 0 radical (unpaired) electrons. The van der Waals surface area contributed by atoms with Gasteiger partial charge >= 0.3 is 0 Å². The summed E-state index contributed by atoms with van der Waals surface area (Å²) < 4.78 is 32.8. The summed E-state index contributed by atoms with van der Waals surface area (Å²) in [5, 5.41) is 0. The Bertz CT molecular complexity index is 319. The van der Waals surface area contributed by atoms with E-state index in [1.807, 2.05) is 0 Å². The Balaban J connectivity index is 4.87. The first-order valence-electron chi connectivity index (χ1n) is 3.98. The highest BCUT2D eigenvalue weighted by atomic mass is 35.6. The van der Waals surface area contributed by atoms with Crippen molar-refractivity contribution in [3.63, 3.8) is 0 Å². The van der Waals surface area contributed by atoms with Crippen LogP contribution in [0.1, 0.15) is 13.8 Å². The zero-order chi connectivity index (χ0) is 13.1. The highest BCUT2D eigenvalue weighted by molar-refractivity contribution is 8.09. The standard InChI is InChI=1S/C6H10Cl4FNO2S2/c1-4(2)12(16(13,14)3-11)15-5(7)6(8,9)10/h4-5H,3H2,1-2H3. The van der Waals surface area contributed by atoms with Crippen molar-refractivity contribution in [3.8, 4) is 0 Å². The van der Waals surface area contributed by atoms with Gasteiger partial charge in [-0.3, -0.25) is 0 Å². The minimum absolute atomic E-state index is 0.501. The van der Waals surface area contributed by atoms with Crippen molar-refractivity contribution in [2.24, 2.45) is 0 Å². The van der Waals surface area contributed by atoms with E-state index < -0.39 is 30.6 Å². The molecule has 0 rings (SSSR count). The first-order chi connectivity index (χ1) is 7.02. The molecule has 0 N–H and O–H groups in total. The van der Waals surface area contributed by atoms with Crippen molar-refractivity contribution < 1.29 is 12.8 Å². The van der Waals surface area contributed by atoms with Gasteiger partial charge in [0.15, 0.2) is 0 Å². The first-order valence-corrected chi connectivity index (χ1v) is 7.99. The molecule has 0 aromatic heterocycles. The van der Waals surface area contributed by atoms with Crippen LogP contribution >= 0.6 is 58.4 Å². The van der Waals surface area contributed by atoms with Gasteiger partial charge < -0.3 is 0 Å². The SMILES string of the molecule is CC(C)N(SC(Cl)C(Cl)(Cl)Cl)S(=O)(=O)CF. The fraction of sp³-hybridized carbons (Fsp3) is 1.00. The van der Waals surface area contributed by atoms with Crippen LogP contribution in [0.5, 0.6) is 0 Å². The third-order valence-electron chi connectivity index (χ3n) is 1.29. The van der Waals surface area contributed by atoms with E-state index in [9.17, 15) is 12.8 Å². The van der Waals surface area contributed by atoms with Crippen molar-refractivity contribution in [1.82, 2.24) is 3.71 Å². The molecule has 0 amide bonds. The van der Waals surface area contributed by atoms with Crippen LogP contribution < -0.4 is 0 Å². The monoisotopic (exact) mass is 351 g/mol. The average molecular weight is 353 g/mol. The minimum atomic E-state index is -4.05. The molecule has 1 unspecified atom stereocenters. The zero-order valence-electron chi connectivity index (χ0n) is 8.33. The van der Waals surface area contributed by atoms with Gasteiger partial charge in [-0.1, -0.05) is 34.8 Å². The fourth-order valence-electron chi connectivity index (χ4n) is 0.708. The maximum atomic E-state index is 12.3. The van der Waals surface area contributed by atoms with E-state index in [0.717, 1.165) is 3.71 Å². The second kappa shape index (κ2) is 6.50. The minimum Gasteiger partial charge on any atom is -0.232 e. The fourth-order valence-corrected chi connectivity index (χ4v) is 3.65. The van der Waals surface area contributed by atoms with E-state index in [0.29, 0.717) is 11.9 Å². The van der Waals surface area contributed by atoms with E-state index in [4.69, 9.17) is 46.4 Å². The second-order valence-corrected chi connectivity index (χ2v) is 9.18. The Kier molecular flexibility index (Phi) is 7.05. The summed E-state index contributed by atoms with van der Waals surface area (Å²) in [6.07, 6.45) is 0. The Morgan fingerprint density at radius 1 is 1.38 bits per heavy atom. The van der Waals surface area contributed by atoms with Gasteiger partial charge in [-0.25, -0.2) is 12.8 Å². The molecular weight excluding hydrogens is 343 g/mol. The summed E-state index contributed by atoms with van der Waals surface area (Å²) in [5.74, 6) is 0. The smallest absolute Gasteiger partial charge is 0.232 e. The van der Waals surface area contributed by atoms with Crippen molar-refractivity contribution in [2.45, 2.75) is 28.4 Å². The highest BCUT2D eigenvalue weighted by Crippen LogP contribution is 2.42. The summed E-state index contributed by atoms with van der Waals surface area (Å²) in [6.45, 7) is 3.12. The summed E-state index contributed by atoms with van der Waals surface area (Å²) in [4.78, 5) is 0. The molecule has 0 aliphatic carbocycles. The number of hydrogen-bond donors (Lipinski definition) is 0. The molecule has 1 atom stereocenters. The molecule has 0 spiro atoms. The van der Waals surface area contributed by atoms with Crippen molar-refractivity contribution in [1.29, 1.82) is 0 Å². The maximum absolute atomic E-state index is 12.3. The van der Waals surface area contributed by atoms with Crippen LogP contribution in [0.3, 0.4) is 0 Å². The highest BCUT2D eigenvalue weighted by Gasteiger charge is 2.37. The Hall–Kier alpha value is 1.35. The zero-order valence-corrected chi connectivity index (χ0v) is 13.0. The van der Waals surface area contributed by atoms with Gasteiger partial charge in [0, 0.05) is 6.04 Å². The second-order valence-electron chi connectivity index (χ2n) is 3.03. The van der Waals surface area contributed by atoms with Crippen LogP contribution in [0, 0.1) is 0 Å². The lowest BCUT2D eigenvalue weighted by Crippen LogP contribution is -2.35. The third kappa shape index (κ3) is 5.33. The Labute approximate surface area is 119 Å². The predicted octanol–water partition coefficient (Wildman–Crippen LogP) is 3.54. The molecule has 0 saturated carbocycles. The molecule has 0 heterocycles. The molecule has 0 aromatic carbocycles. The molecule has 0 aliphatic heterocycles. The van der Waals surface area contributed by atoms with Crippen LogP contribution in [-0.4, -0.2) is 32.7 Å². The normalized spacial score (nSPS) is 15.8. The van der Waals surface area contributed by atoms with E-state index >= 15 is 0 Å². The van der Waals surface area contributed by atoms with E-state index in [2.05, 4.69) is 0 Å². The third-order valence-corrected chi connectivity index (χ3v) is 6.59. The lowest BCUT2D eigenvalue weighted by atomic mass is 10.4. The number of rotatable bonds is 5. The van der Waals surface area contributed by atoms with E-state index in [-0.39, 0.29) is 0 Å². The molecule has 0 fully saturated rings. The van der Waals surface area contributed by atoms with Crippen molar-refractivity contribution in [2.75, 3.05) is 6.01 Å². The summed E-state index contributed by atoms with van der Waals surface area (Å²) in [6, 6.07) is -2.03. The molecule has 0 bridgehead atoms. The van der Waals surface area contributed by atoms with Crippen LogP contribution in [0.4, 0.5) is 4.39 Å². The lowest BCUT2D eigenvalue weighted by Gasteiger charge is -2.27. The largest absolute Gasteiger partial charge is 0.253 e. The topological polar surface area (TPSA) is 37.4 Å². The van der Waals surface area contributed by atoms with Gasteiger partial charge in [0.05, 0.1) is 0 Å². The molecule has 0 saturated heterocycles. The Morgan fingerprint density at radius 3 is 2.06 bits per heavy atom. The first kappa shape index (κ1) is 17.4. The molecule has 0 aromatic rings. The number of nitrogens with zero attached hydrogens (tertiary/aromatic N) is 1. The van der Waals surface area contributed by atoms with Gasteiger partial charge in [0.1, 0.15) is 4.71 Å². The molecule has 0 aliphatic rings. The number of halogens is 5. The summed E-state index contributed by atoms with van der Waals surface area (Å²) in [5.41, 5.74) is 0. The number of alkyl halides is 5. The maximum Gasteiger partial charge on any atom is 0.253 e. The summed E-state index contributed by atoms with van der Waals surface area (Å²) >= 11 is 22.7. The lowest BCUT2D eigenvalue weighted by molar-refractivity contribution is 0.469. The van der Waals surface area contributed by atoms with Gasteiger partial charge in [-0.05, 0) is 25.8 Å².